The molecule has 1 unspecified atom stereocenters. The number of aliphatic hydroxyl groups is 1. The molecule has 0 aromatic rings. The fraction of sp³-hybridized carbons (Fsp3) is 0.400. The highest BCUT2D eigenvalue weighted by Gasteiger charge is 2.17. The zero-order valence-corrected chi connectivity index (χ0v) is 4.69. The Kier molecular flexibility index (Phi) is 1.40. The van der Waals surface area contributed by atoms with Crippen LogP contribution >= 0.6 is 0 Å². The molecule has 0 aliphatic carbocycles. The van der Waals surface area contributed by atoms with Gasteiger partial charge in [0.2, 0.25) is 0 Å². The predicted octanol–water partition coefficient (Wildman–Crippen LogP) is -0.145. The number of aliphatic hydroxyl groups excluding tert-OH is 1. The zero-order valence-electron chi connectivity index (χ0n) is 4.69. The van der Waals surface area contributed by atoms with Gasteiger partial charge < -0.3 is 10.2 Å². The van der Waals surface area contributed by atoms with Crippen molar-refractivity contribution >= 4 is 6.09 Å². The van der Waals surface area contributed by atoms with Crippen molar-refractivity contribution in [3.63, 3.8) is 0 Å². The van der Waals surface area contributed by atoms with Crippen molar-refractivity contribution in [2.75, 3.05) is 6.54 Å². The van der Waals surface area contributed by atoms with Crippen molar-refractivity contribution in [3.8, 4) is 0 Å². The van der Waals surface area contributed by atoms with Crippen LogP contribution in [0, 0.1) is 0 Å². The maximum atomic E-state index is 10.1. The van der Waals surface area contributed by atoms with Gasteiger partial charge in [0, 0.05) is 6.20 Å². The molecular formula is C5H7NO3. The van der Waals surface area contributed by atoms with Gasteiger partial charge in [-0.15, -0.1) is 0 Å². The Labute approximate surface area is 52.0 Å². The molecule has 1 rings (SSSR count). The first-order valence-electron chi connectivity index (χ1n) is 2.56. The van der Waals surface area contributed by atoms with Gasteiger partial charge in [-0.3, -0.25) is 4.90 Å². The van der Waals surface area contributed by atoms with E-state index >= 15 is 0 Å². The van der Waals surface area contributed by atoms with Crippen LogP contribution in [0.2, 0.25) is 0 Å². The van der Waals surface area contributed by atoms with Crippen molar-refractivity contribution in [2.24, 2.45) is 0 Å². The lowest BCUT2D eigenvalue weighted by molar-refractivity contribution is 0.147. The highest BCUT2D eigenvalue weighted by atomic mass is 16.4. The van der Waals surface area contributed by atoms with E-state index in [1.807, 2.05) is 0 Å². The van der Waals surface area contributed by atoms with Gasteiger partial charge in [0.05, 0.1) is 12.6 Å². The summed E-state index contributed by atoms with van der Waals surface area (Å²) in [6, 6.07) is 0. The molecule has 0 aromatic heterocycles. The fourth-order valence-electron chi connectivity index (χ4n) is 0.668. The first kappa shape index (κ1) is 6.10. The molecule has 1 heterocycles. The first-order valence-corrected chi connectivity index (χ1v) is 2.56. The molecule has 1 aliphatic heterocycles. The molecule has 50 valence electrons. The minimum atomic E-state index is -1.03. The summed E-state index contributed by atoms with van der Waals surface area (Å²) in [6.07, 6.45) is 1.14. The van der Waals surface area contributed by atoms with Crippen LogP contribution < -0.4 is 0 Å². The van der Waals surface area contributed by atoms with Crippen molar-refractivity contribution in [1.29, 1.82) is 0 Å². The third kappa shape index (κ3) is 1.20. The van der Waals surface area contributed by atoms with Gasteiger partial charge in [-0.2, -0.15) is 0 Å². The van der Waals surface area contributed by atoms with E-state index in [4.69, 9.17) is 10.2 Å². The van der Waals surface area contributed by atoms with E-state index < -0.39 is 12.2 Å². The molecule has 0 saturated carbocycles. The van der Waals surface area contributed by atoms with Crippen LogP contribution in [0.1, 0.15) is 0 Å². The average molecular weight is 129 g/mol. The monoisotopic (exact) mass is 129 g/mol. The first-order chi connectivity index (χ1) is 4.20. The van der Waals surface area contributed by atoms with Crippen molar-refractivity contribution in [1.82, 2.24) is 4.90 Å². The molecule has 4 heteroatoms. The summed E-state index contributed by atoms with van der Waals surface area (Å²) in [5.74, 6) is 0. The van der Waals surface area contributed by atoms with Crippen LogP contribution in [0.15, 0.2) is 12.3 Å². The second kappa shape index (κ2) is 2.06. The Morgan fingerprint density at radius 3 is 2.67 bits per heavy atom. The van der Waals surface area contributed by atoms with Crippen molar-refractivity contribution in [3.05, 3.63) is 12.3 Å². The molecule has 0 spiro atoms. The molecule has 1 aliphatic rings. The highest BCUT2D eigenvalue weighted by molar-refractivity contribution is 5.67. The van der Waals surface area contributed by atoms with Gasteiger partial charge in [0.25, 0.3) is 0 Å². The van der Waals surface area contributed by atoms with Crippen LogP contribution in [0.3, 0.4) is 0 Å². The topological polar surface area (TPSA) is 60.8 Å². The minimum Gasteiger partial charge on any atom is -0.465 e. The number of hydrogen-bond donors (Lipinski definition) is 2. The van der Waals surface area contributed by atoms with E-state index in [1.165, 1.54) is 12.3 Å². The number of amides is 1. The maximum Gasteiger partial charge on any atom is 0.411 e. The van der Waals surface area contributed by atoms with Crippen molar-refractivity contribution < 1.29 is 15.0 Å². The number of nitrogens with zero attached hydrogens (tertiary/aromatic N) is 1. The van der Waals surface area contributed by atoms with Crippen molar-refractivity contribution in [2.45, 2.75) is 6.10 Å². The fourth-order valence-corrected chi connectivity index (χ4v) is 0.668. The molecule has 4 nitrogen and oxygen atoms in total. The van der Waals surface area contributed by atoms with Gasteiger partial charge >= 0.3 is 6.09 Å². The summed E-state index contributed by atoms with van der Waals surface area (Å²) < 4.78 is 0. The third-order valence-corrected chi connectivity index (χ3v) is 1.12. The second-order valence-electron chi connectivity index (χ2n) is 1.84. The lowest BCUT2D eigenvalue weighted by Crippen LogP contribution is -2.25. The minimum absolute atomic E-state index is 0.162. The molecule has 0 radical (unpaired) electrons. The number of β-amino-alcohol motifs (C(OH)–C–C–N with tert-alkyl or cyclic N) is 1. The smallest absolute Gasteiger partial charge is 0.411 e. The molecule has 0 saturated heterocycles. The van der Waals surface area contributed by atoms with Gasteiger partial charge in [0.1, 0.15) is 0 Å². The molecule has 2 N–H and O–H groups in total. The molecule has 0 fully saturated rings. The van der Waals surface area contributed by atoms with Gasteiger partial charge in [0.15, 0.2) is 0 Å². The highest BCUT2D eigenvalue weighted by Crippen LogP contribution is 2.03. The van der Waals surface area contributed by atoms with Crippen LogP contribution in [0.5, 0.6) is 0 Å². The Hall–Kier alpha value is -1.03. The normalized spacial score (nSPS) is 25.0. The molecule has 0 bridgehead atoms. The zero-order chi connectivity index (χ0) is 6.85. The number of carboxylic acid groups (broad SMARTS) is 1. The van der Waals surface area contributed by atoms with Crippen LogP contribution in [-0.2, 0) is 0 Å². The summed E-state index contributed by atoms with van der Waals surface area (Å²) in [5, 5.41) is 17.1. The van der Waals surface area contributed by atoms with E-state index in [0.29, 0.717) is 0 Å². The molecule has 1 atom stereocenters. The number of hydrogen-bond acceptors (Lipinski definition) is 2. The van der Waals surface area contributed by atoms with Gasteiger partial charge in [-0.05, 0) is 6.08 Å². The summed E-state index contributed by atoms with van der Waals surface area (Å²) in [5.41, 5.74) is 0. The van der Waals surface area contributed by atoms with Crippen LogP contribution in [-0.4, -0.2) is 33.9 Å². The lowest BCUT2D eigenvalue weighted by atomic mass is 10.4. The molecule has 0 aromatic carbocycles. The summed E-state index contributed by atoms with van der Waals surface area (Å²) in [4.78, 5) is 11.1. The SMILES string of the molecule is O=C(O)N1C=CC(O)C1. The Balaban J connectivity index is 2.50. The Bertz CT molecular complexity index is 154. The summed E-state index contributed by atoms with van der Waals surface area (Å²) in [6.45, 7) is 0.162. The Morgan fingerprint density at radius 2 is 2.44 bits per heavy atom. The van der Waals surface area contributed by atoms with E-state index in [9.17, 15) is 4.79 Å². The molecule has 9 heavy (non-hydrogen) atoms. The predicted molar refractivity (Wildman–Crippen MR) is 29.9 cm³/mol. The lowest BCUT2D eigenvalue weighted by Gasteiger charge is -2.07. The van der Waals surface area contributed by atoms with Crippen LogP contribution in [0.4, 0.5) is 4.79 Å². The second-order valence-corrected chi connectivity index (χ2v) is 1.84. The average Bonchev–Trinajstić information content (AvgIpc) is 2.14. The Morgan fingerprint density at radius 1 is 1.78 bits per heavy atom. The van der Waals surface area contributed by atoms with Gasteiger partial charge in [-0.1, -0.05) is 0 Å². The number of carbonyl (C=O) groups is 1. The van der Waals surface area contributed by atoms with E-state index in [-0.39, 0.29) is 6.54 Å². The molecular weight excluding hydrogens is 122 g/mol. The summed E-state index contributed by atoms with van der Waals surface area (Å²) in [7, 11) is 0. The largest absolute Gasteiger partial charge is 0.465 e. The van der Waals surface area contributed by atoms with E-state index in [0.717, 1.165) is 4.90 Å². The maximum absolute atomic E-state index is 10.1. The quantitative estimate of drug-likeness (QED) is 0.478. The summed E-state index contributed by atoms with van der Waals surface area (Å²) >= 11 is 0. The van der Waals surface area contributed by atoms with Gasteiger partial charge in [-0.25, -0.2) is 4.79 Å². The van der Waals surface area contributed by atoms with E-state index in [1.54, 1.807) is 0 Å². The van der Waals surface area contributed by atoms with E-state index in [2.05, 4.69) is 0 Å². The standard InChI is InChI=1S/C5H7NO3/c7-4-1-2-6(3-4)5(8)9/h1-2,4,7H,3H2,(H,8,9). The third-order valence-electron chi connectivity index (χ3n) is 1.12. The number of rotatable bonds is 0. The molecule has 1 amide bonds. The van der Waals surface area contributed by atoms with Crippen LogP contribution in [0.25, 0.3) is 0 Å².